The van der Waals surface area contributed by atoms with E-state index in [0.717, 1.165) is 21.5 Å². The van der Waals surface area contributed by atoms with Gasteiger partial charge in [0.1, 0.15) is 0 Å². The number of aliphatic hydroxyl groups excluding tert-OH is 2. The predicted molar refractivity (Wildman–Crippen MR) is 125 cm³/mol. The van der Waals surface area contributed by atoms with Gasteiger partial charge in [-0.15, -0.1) is 0 Å². The zero-order valence-corrected chi connectivity index (χ0v) is 17.6. The molecule has 2 atom stereocenters. The summed E-state index contributed by atoms with van der Waals surface area (Å²) in [5, 5.41) is 24.6. The molecule has 0 aliphatic carbocycles. The number of hydrogen-bond donors (Lipinski definition) is 4. The quantitative estimate of drug-likeness (QED) is 0.343. The van der Waals surface area contributed by atoms with Gasteiger partial charge >= 0.3 is 0 Å². The third-order valence-electron chi connectivity index (χ3n) is 5.37. The maximum atomic E-state index is 12.7. The standard InChI is InChI=1S/C24H24N2O4S/c25-21-7-5-15-9-19(3-1-17(15)11-21)23(27)13-31(29,30)14-24(28)20-4-2-18-12-22(26)8-6-16(18)10-20/h1-12,23-24,27-28H,13-14,25-26H2. The summed E-state index contributed by atoms with van der Waals surface area (Å²) in [6.45, 7) is 0. The van der Waals surface area contributed by atoms with Crippen molar-refractivity contribution in [3.8, 4) is 0 Å². The molecule has 0 aliphatic rings. The molecule has 0 saturated heterocycles. The van der Waals surface area contributed by atoms with E-state index in [1.807, 2.05) is 24.3 Å². The van der Waals surface area contributed by atoms with Crippen molar-refractivity contribution in [2.24, 2.45) is 0 Å². The van der Waals surface area contributed by atoms with Crippen LogP contribution in [0.15, 0.2) is 72.8 Å². The van der Waals surface area contributed by atoms with Crippen molar-refractivity contribution in [1.29, 1.82) is 0 Å². The molecule has 0 aromatic heterocycles. The van der Waals surface area contributed by atoms with Gasteiger partial charge in [-0.1, -0.05) is 36.4 Å². The van der Waals surface area contributed by atoms with Gasteiger partial charge in [0.15, 0.2) is 9.84 Å². The van der Waals surface area contributed by atoms with E-state index in [9.17, 15) is 18.6 Å². The maximum Gasteiger partial charge on any atom is 0.156 e. The molecule has 0 spiro atoms. The van der Waals surface area contributed by atoms with Gasteiger partial charge in [0.05, 0.1) is 23.7 Å². The van der Waals surface area contributed by atoms with Crippen molar-refractivity contribution < 1.29 is 18.6 Å². The van der Waals surface area contributed by atoms with Crippen molar-refractivity contribution >= 4 is 42.8 Å². The first-order valence-electron chi connectivity index (χ1n) is 9.85. The zero-order valence-electron chi connectivity index (χ0n) is 16.8. The van der Waals surface area contributed by atoms with Crippen LogP contribution in [0, 0.1) is 0 Å². The van der Waals surface area contributed by atoms with Gasteiger partial charge < -0.3 is 21.7 Å². The largest absolute Gasteiger partial charge is 0.399 e. The van der Waals surface area contributed by atoms with Crippen LogP contribution in [0.2, 0.25) is 0 Å². The number of aliphatic hydroxyl groups is 2. The topological polar surface area (TPSA) is 127 Å². The number of sulfone groups is 1. The fraction of sp³-hybridized carbons (Fsp3) is 0.167. The lowest BCUT2D eigenvalue weighted by Crippen LogP contribution is -2.21. The van der Waals surface area contributed by atoms with Gasteiger partial charge in [0.2, 0.25) is 0 Å². The Morgan fingerprint density at radius 3 is 1.39 bits per heavy atom. The van der Waals surface area contributed by atoms with Gasteiger partial charge in [-0.05, 0) is 69.1 Å². The molecular weight excluding hydrogens is 412 g/mol. The highest BCUT2D eigenvalue weighted by Gasteiger charge is 2.23. The molecule has 0 bridgehead atoms. The fourth-order valence-corrected chi connectivity index (χ4v) is 5.20. The molecule has 0 amide bonds. The molecule has 6 N–H and O–H groups in total. The highest BCUT2D eigenvalue weighted by molar-refractivity contribution is 7.91. The van der Waals surface area contributed by atoms with Crippen molar-refractivity contribution in [3.05, 3.63) is 83.9 Å². The van der Waals surface area contributed by atoms with Crippen LogP contribution < -0.4 is 11.5 Å². The van der Waals surface area contributed by atoms with Gasteiger partial charge in [-0.3, -0.25) is 0 Å². The van der Waals surface area contributed by atoms with Crippen LogP contribution in [0.4, 0.5) is 11.4 Å². The number of anilines is 2. The van der Waals surface area contributed by atoms with Crippen LogP contribution >= 0.6 is 0 Å². The summed E-state index contributed by atoms with van der Waals surface area (Å²) in [4.78, 5) is 0. The maximum absolute atomic E-state index is 12.7. The molecule has 4 aromatic rings. The Labute approximate surface area is 180 Å². The molecule has 160 valence electrons. The number of nitrogen functional groups attached to an aromatic ring is 2. The van der Waals surface area contributed by atoms with Crippen molar-refractivity contribution in [3.63, 3.8) is 0 Å². The molecule has 31 heavy (non-hydrogen) atoms. The van der Waals surface area contributed by atoms with Crippen molar-refractivity contribution in [1.82, 2.24) is 0 Å². The van der Waals surface area contributed by atoms with E-state index in [2.05, 4.69) is 0 Å². The Balaban J connectivity index is 1.49. The van der Waals surface area contributed by atoms with Gasteiger partial charge in [0, 0.05) is 11.4 Å². The summed E-state index contributed by atoms with van der Waals surface area (Å²) in [5.74, 6) is -0.955. The predicted octanol–water partition coefficient (Wildman–Crippen LogP) is 3.34. The first-order chi connectivity index (χ1) is 14.7. The Morgan fingerprint density at radius 1 is 0.613 bits per heavy atom. The number of hydrogen-bond acceptors (Lipinski definition) is 6. The smallest absolute Gasteiger partial charge is 0.156 e. The second kappa shape index (κ2) is 8.19. The minimum absolute atomic E-state index is 0.478. The Hall–Kier alpha value is -3.13. The first-order valence-corrected chi connectivity index (χ1v) is 11.7. The molecule has 0 saturated carbocycles. The molecule has 0 radical (unpaired) electrons. The van der Waals surface area contributed by atoms with Gasteiger partial charge in [0.25, 0.3) is 0 Å². The van der Waals surface area contributed by atoms with Crippen LogP contribution in [-0.2, 0) is 9.84 Å². The average Bonchev–Trinajstić information content (AvgIpc) is 2.72. The van der Waals surface area contributed by atoms with E-state index >= 15 is 0 Å². The summed E-state index contributed by atoms with van der Waals surface area (Å²) in [7, 11) is -3.74. The Morgan fingerprint density at radius 2 is 0.968 bits per heavy atom. The van der Waals surface area contributed by atoms with Crippen LogP contribution in [0.3, 0.4) is 0 Å². The summed E-state index contributed by atoms with van der Waals surface area (Å²) >= 11 is 0. The van der Waals surface area contributed by atoms with E-state index in [0.29, 0.717) is 22.5 Å². The highest BCUT2D eigenvalue weighted by atomic mass is 32.2. The van der Waals surface area contributed by atoms with E-state index in [1.54, 1.807) is 48.5 Å². The molecule has 7 heteroatoms. The minimum atomic E-state index is -3.74. The molecule has 6 nitrogen and oxygen atoms in total. The van der Waals surface area contributed by atoms with Crippen LogP contribution in [-0.4, -0.2) is 30.1 Å². The summed E-state index contributed by atoms with van der Waals surface area (Å²) in [6.07, 6.45) is -2.39. The monoisotopic (exact) mass is 436 g/mol. The number of fused-ring (bicyclic) bond motifs is 2. The van der Waals surface area contributed by atoms with E-state index < -0.39 is 33.6 Å². The van der Waals surface area contributed by atoms with Crippen LogP contribution in [0.5, 0.6) is 0 Å². The van der Waals surface area contributed by atoms with Crippen molar-refractivity contribution in [2.45, 2.75) is 12.2 Å². The Bertz CT molecular complexity index is 1270. The second-order valence-corrected chi connectivity index (χ2v) is 9.99. The molecule has 2 unspecified atom stereocenters. The van der Waals surface area contributed by atoms with Gasteiger partial charge in [-0.25, -0.2) is 8.42 Å². The summed E-state index contributed by atoms with van der Waals surface area (Å²) < 4.78 is 25.3. The third-order valence-corrected chi connectivity index (χ3v) is 7.02. The molecule has 4 aromatic carbocycles. The molecule has 0 heterocycles. The second-order valence-electron chi connectivity index (χ2n) is 7.84. The molecule has 0 fully saturated rings. The average molecular weight is 437 g/mol. The highest BCUT2D eigenvalue weighted by Crippen LogP contribution is 2.26. The summed E-state index contributed by atoms with van der Waals surface area (Å²) in [6, 6.07) is 21.3. The van der Waals surface area contributed by atoms with E-state index in [1.165, 1.54) is 0 Å². The summed E-state index contributed by atoms with van der Waals surface area (Å²) in [5.41, 5.74) is 13.8. The SMILES string of the molecule is Nc1ccc2cc(C(O)CS(=O)(=O)CC(O)c3ccc4cc(N)ccc4c3)ccc2c1. The molecule has 0 aliphatic heterocycles. The number of benzene rings is 4. The number of rotatable bonds is 6. The first kappa shape index (κ1) is 21.1. The lowest BCUT2D eigenvalue weighted by molar-refractivity contribution is 0.194. The van der Waals surface area contributed by atoms with Crippen molar-refractivity contribution in [2.75, 3.05) is 23.0 Å². The normalized spacial score (nSPS) is 14.0. The zero-order chi connectivity index (χ0) is 22.2. The minimum Gasteiger partial charge on any atom is -0.399 e. The Kier molecular flexibility index (Phi) is 5.58. The lowest BCUT2D eigenvalue weighted by atomic mass is 10.0. The van der Waals surface area contributed by atoms with E-state index in [4.69, 9.17) is 11.5 Å². The van der Waals surface area contributed by atoms with Crippen LogP contribution in [0.1, 0.15) is 23.3 Å². The lowest BCUT2D eigenvalue weighted by Gasteiger charge is -2.16. The van der Waals surface area contributed by atoms with E-state index in [-0.39, 0.29) is 0 Å². The van der Waals surface area contributed by atoms with Gasteiger partial charge in [-0.2, -0.15) is 0 Å². The molecule has 4 rings (SSSR count). The fourth-order valence-electron chi connectivity index (χ4n) is 3.72. The van der Waals surface area contributed by atoms with Crippen LogP contribution in [0.25, 0.3) is 21.5 Å². The third kappa shape index (κ3) is 4.80. The molecular formula is C24H24N2O4S. The number of nitrogens with two attached hydrogens (primary N) is 2.